The number of hydrogen-bond acceptors (Lipinski definition) is 6. The molecule has 3 aromatic carbocycles. The topological polar surface area (TPSA) is 78.4 Å². The molecule has 0 fully saturated rings. The number of rotatable bonds is 9. The van der Waals surface area contributed by atoms with Crippen molar-refractivity contribution in [1.82, 2.24) is 5.43 Å². The third-order valence-electron chi connectivity index (χ3n) is 4.46. The number of hydrazone groups is 1. The molecule has 0 aliphatic heterocycles. The van der Waals surface area contributed by atoms with E-state index >= 15 is 0 Å². The van der Waals surface area contributed by atoms with Crippen LogP contribution in [0.1, 0.15) is 5.56 Å². The van der Waals surface area contributed by atoms with E-state index in [4.69, 9.17) is 18.9 Å². The Morgan fingerprint density at radius 1 is 0.839 bits per heavy atom. The molecule has 0 aliphatic rings. The van der Waals surface area contributed by atoms with Gasteiger partial charge < -0.3 is 18.9 Å². The number of nitrogens with one attached hydrogen (secondary N) is 1. The Kier molecular flexibility index (Phi) is 7.48. The van der Waals surface area contributed by atoms with Crippen molar-refractivity contribution in [3.63, 3.8) is 0 Å². The lowest BCUT2D eigenvalue weighted by molar-refractivity contribution is -0.123. The highest BCUT2D eigenvalue weighted by molar-refractivity contribution is 5.87. The molecular weight excluding hydrogens is 396 g/mol. The van der Waals surface area contributed by atoms with Gasteiger partial charge in [-0.15, -0.1) is 0 Å². The first-order valence-electron chi connectivity index (χ1n) is 9.55. The Labute approximate surface area is 181 Å². The van der Waals surface area contributed by atoms with Crippen LogP contribution in [0.2, 0.25) is 0 Å². The number of amides is 1. The number of ether oxygens (including phenoxy) is 4. The SMILES string of the molecule is COc1ccc(/C=N/NC(=O)COc2ccc(-c3ccccc3)cc2)c(OC)c1OC. The Bertz CT molecular complexity index is 1030. The zero-order chi connectivity index (χ0) is 22.1. The number of carbonyl (C=O) groups excluding carboxylic acids is 1. The van der Waals surface area contributed by atoms with E-state index in [0.29, 0.717) is 28.6 Å². The average molecular weight is 420 g/mol. The monoisotopic (exact) mass is 420 g/mol. The van der Waals surface area contributed by atoms with Gasteiger partial charge in [0.25, 0.3) is 5.91 Å². The van der Waals surface area contributed by atoms with Gasteiger partial charge in [-0.25, -0.2) is 5.43 Å². The van der Waals surface area contributed by atoms with Crippen molar-refractivity contribution in [2.75, 3.05) is 27.9 Å². The zero-order valence-corrected chi connectivity index (χ0v) is 17.6. The summed E-state index contributed by atoms with van der Waals surface area (Å²) in [4.78, 5) is 12.0. The van der Waals surface area contributed by atoms with Gasteiger partial charge in [-0.3, -0.25) is 4.79 Å². The molecule has 0 atom stereocenters. The van der Waals surface area contributed by atoms with Crippen molar-refractivity contribution in [2.24, 2.45) is 5.10 Å². The highest BCUT2D eigenvalue weighted by Crippen LogP contribution is 2.38. The summed E-state index contributed by atoms with van der Waals surface area (Å²) in [5.41, 5.74) is 5.25. The number of hydrogen-bond donors (Lipinski definition) is 1. The summed E-state index contributed by atoms with van der Waals surface area (Å²) in [6.07, 6.45) is 1.47. The molecule has 1 amide bonds. The molecule has 0 aliphatic carbocycles. The van der Waals surface area contributed by atoms with Gasteiger partial charge in [-0.05, 0) is 35.4 Å². The van der Waals surface area contributed by atoms with Crippen LogP contribution < -0.4 is 24.4 Å². The van der Waals surface area contributed by atoms with E-state index in [2.05, 4.69) is 10.5 Å². The fourth-order valence-electron chi connectivity index (χ4n) is 2.96. The second-order valence-corrected chi connectivity index (χ2v) is 6.40. The normalized spacial score (nSPS) is 10.5. The molecule has 3 aromatic rings. The largest absolute Gasteiger partial charge is 0.493 e. The van der Waals surface area contributed by atoms with E-state index in [0.717, 1.165) is 11.1 Å². The second kappa shape index (κ2) is 10.7. The third-order valence-corrected chi connectivity index (χ3v) is 4.46. The number of carbonyl (C=O) groups is 1. The summed E-state index contributed by atoms with van der Waals surface area (Å²) >= 11 is 0. The summed E-state index contributed by atoms with van der Waals surface area (Å²) in [7, 11) is 4.58. The lowest BCUT2D eigenvalue weighted by Crippen LogP contribution is -2.24. The van der Waals surface area contributed by atoms with Crippen molar-refractivity contribution < 1.29 is 23.7 Å². The van der Waals surface area contributed by atoms with Crippen molar-refractivity contribution in [3.8, 4) is 34.1 Å². The summed E-state index contributed by atoms with van der Waals surface area (Å²) in [5, 5.41) is 3.97. The highest BCUT2D eigenvalue weighted by atomic mass is 16.5. The lowest BCUT2D eigenvalue weighted by Gasteiger charge is -2.13. The van der Waals surface area contributed by atoms with Gasteiger partial charge in [0.15, 0.2) is 18.1 Å². The fourth-order valence-corrected chi connectivity index (χ4v) is 2.96. The molecule has 0 aromatic heterocycles. The maximum absolute atomic E-state index is 12.0. The minimum atomic E-state index is -0.386. The van der Waals surface area contributed by atoms with Crippen LogP contribution in [-0.2, 0) is 4.79 Å². The van der Waals surface area contributed by atoms with Crippen LogP contribution in [0.5, 0.6) is 23.0 Å². The molecule has 0 spiro atoms. The van der Waals surface area contributed by atoms with E-state index in [-0.39, 0.29) is 12.5 Å². The van der Waals surface area contributed by atoms with Crippen molar-refractivity contribution >= 4 is 12.1 Å². The first-order chi connectivity index (χ1) is 15.2. The van der Waals surface area contributed by atoms with Gasteiger partial charge in [-0.2, -0.15) is 5.10 Å². The molecule has 0 bridgehead atoms. The van der Waals surface area contributed by atoms with E-state index in [9.17, 15) is 4.79 Å². The Morgan fingerprint density at radius 3 is 2.16 bits per heavy atom. The fraction of sp³-hybridized carbons (Fsp3) is 0.167. The predicted molar refractivity (Wildman–Crippen MR) is 119 cm³/mol. The first kappa shape index (κ1) is 21.7. The van der Waals surface area contributed by atoms with Crippen molar-refractivity contribution in [2.45, 2.75) is 0 Å². The molecule has 0 unspecified atom stereocenters. The molecule has 0 saturated heterocycles. The maximum atomic E-state index is 12.0. The Morgan fingerprint density at radius 2 is 1.52 bits per heavy atom. The lowest BCUT2D eigenvalue weighted by atomic mass is 10.1. The minimum absolute atomic E-state index is 0.162. The molecule has 160 valence electrons. The number of nitrogens with zero attached hydrogens (tertiary/aromatic N) is 1. The molecule has 31 heavy (non-hydrogen) atoms. The van der Waals surface area contributed by atoms with Gasteiger partial charge in [0, 0.05) is 5.56 Å². The van der Waals surface area contributed by atoms with E-state index in [1.165, 1.54) is 20.4 Å². The zero-order valence-electron chi connectivity index (χ0n) is 17.6. The van der Waals surface area contributed by atoms with E-state index < -0.39 is 0 Å². The first-order valence-corrected chi connectivity index (χ1v) is 9.55. The van der Waals surface area contributed by atoms with Gasteiger partial charge in [0.1, 0.15) is 5.75 Å². The van der Waals surface area contributed by atoms with Crippen LogP contribution in [0.3, 0.4) is 0 Å². The Balaban J connectivity index is 1.55. The maximum Gasteiger partial charge on any atom is 0.277 e. The van der Waals surface area contributed by atoms with Gasteiger partial charge in [0.05, 0.1) is 27.5 Å². The Hall–Kier alpha value is -4.00. The highest BCUT2D eigenvalue weighted by Gasteiger charge is 2.14. The van der Waals surface area contributed by atoms with E-state index in [1.54, 1.807) is 19.2 Å². The number of benzene rings is 3. The van der Waals surface area contributed by atoms with Crippen LogP contribution in [0, 0.1) is 0 Å². The summed E-state index contributed by atoms with van der Waals surface area (Å²) in [6.45, 7) is -0.162. The van der Waals surface area contributed by atoms with Gasteiger partial charge in [0.2, 0.25) is 5.75 Å². The van der Waals surface area contributed by atoms with Gasteiger partial charge >= 0.3 is 0 Å². The van der Waals surface area contributed by atoms with Gasteiger partial charge in [-0.1, -0.05) is 42.5 Å². The second-order valence-electron chi connectivity index (χ2n) is 6.40. The van der Waals surface area contributed by atoms with Crippen LogP contribution in [0.15, 0.2) is 71.8 Å². The van der Waals surface area contributed by atoms with Crippen LogP contribution in [0.25, 0.3) is 11.1 Å². The molecule has 0 radical (unpaired) electrons. The molecule has 0 heterocycles. The molecule has 1 N–H and O–H groups in total. The molecule has 7 heteroatoms. The molecule has 7 nitrogen and oxygen atoms in total. The summed E-state index contributed by atoms with van der Waals surface area (Å²) < 4.78 is 21.5. The minimum Gasteiger partial charge on any atom is -0.493 e. The predicted octanol–water partition coefficient (Wildman–Crippen LogP) is 3.91. The van der Waals surface area contributed by atoms with Crippen molar-refractivity contribution in [1.29, 1.82) is 0 Å². The van der Waals surface area contributed by atoms with Crippen LogP contribution in [0.4, 0.5) is 0 Å². The quantitative estimate of drug-likeness (QED) is 0.420. The smallest absolute Gasteiger partial charge is 0.277 e. The summed E-state index contributed by atoms with van der Waals surface area (Å²) in [5.74, 6) is 1.65. The standard InChI is InChI=1S/C24H24N2O5/c1-28-21-14-11-19(23(29-2)24(21)30-3)15-25-26-22(27)16-31-20-12-9-18(10-13-20)17-7-5-4-6-8-17/h4-15H,16H2,1-3H3,(H,26,27)/b25-15+. The number of methoxy groups -OCH3 is 3. The van der Waals surface area contributed by atoms with Crippen LogP contribution >= 0.6 is 0 Å². The van der Waals surface area contributed by atoms with Crippen LogP contribution in [-0.4, -0.2) is 40.1 Å². The summed E-state index contributed by atoms with van der Waals surface area (Å²) in [6, 6.07) is 21.1. The average Bonchev–Trinajstić information content (AvgIpc) is 2.83. The van der Waals surface area contributed by atoms with Crippen molar-refractivity contribution in [3.05, 3.63) is 72.3 Å². The van der Waals surface area contributed by atoms with E-state index in [1.807, 2.05) is 54.6 Å². The molecular formula is C24H24N2O5. The molecule has 3 rings (SSSR count). The molecule has 0 saturated carbocycles. The third kappa shape index (κ3) is 5.54.